The molecule has 6 atom stereocenters. The molecule has 0 aromatic rings. The lowest BCUT2D eigenvalue weighted by Gasteiger charge is -2.35. The largest absolute Gasteiger partial charge is 0.393 e. The smallest absolute Gasteiger partial charge is 0.128 e. The topological polar surface area (TPSA) is 40.5 Å². The SMILES string of the molecule is C#CC1(O)CC2CC1C1CCC(O)C21. The van der Waals surface area contributed by atoms with E-state index < -0.39 is 5.60 Å². The Morgan fingerprint density at radius 1 is 1.36 bits per heavy atom. The van der Waals surface area contributed by atoms with Crippen LogP contribution < -0.4 is 0 Å². The van der Waals surface area contributed by atoms with Crippen LogP contribution in [0.4, 0.5) is 0 Å². The lowest BCUT2D eigenvalue weighted by atomic mass is 9.73. The first kappa shape index (κ1) is 8.76. The van der Waals surface area contributed by atoms with Crippen molar-refractivity contribution in [2.75, 3.05) is 0 Å². The fraction of sp³-hybridized carbons (Fsp3) is 0.833. The summed E-state index contributed by atoms with van der Waals surface area (Å²) in [5, 5.41) is 20.0. The van der Waals surface area contributed by atoms with E-state index in [1.165, 1.54) is 0 Å². The number of rotatable bonds is 0. The third-order valence-corrected chi connectivity index (χ3v) is 4.79. The molecule has 3 aliphatic carbocycles. The van der Waals surface area contributed by atoms with Crippen LogP contribution in [0.3, 0.4) is 0 Å². The molecule has 2 heteroatoms. The van der Waals surface area contributed by atoms with Gasteiger partial charge in [0.1, 0.15) is 5.60 Å². The summed E-state index contributed by atoms with van der Waals surface area (Å²) in [6, 6.07) is 0. The van der Waals surface area contributed by atoms with Crippen LogP contribution in [-0.4, -0.2) is 21.9 Å². The van der Waals surface area contributed by atoms with E-state index in [0.29, 0.717) is 24.2 Å². The zero-order valence-electron chi connectivity index (χ0n) is 8.19. The van der Waals surface area contributed by atoms with Gasteiger partial charge in [0.05, 0.1) is 6.10 Å². The van der Waals surface area contributed by atoms with E-state index in [2.05, 4.69) is 5.92 Å². The second-order valence-electron chi connectivity index (χ2n) is 5.26. The van der Waals surface area contributed by atoms with Crippen LogP contribution in [0, 0.1) is 36.0 Å². The Kier molecular flexibility index (Phi) is 1.59. The highest BCUT2D eigenvalue weighted by atomic mass is 16.3. The van der Waals surface area contributed by atoms with Crippen LogP contribution in [0.5, 0.6) is 0 Å². The number of aliphatic hydroxyl groups is 2. The van der Waals surface area contributed by atoms with Gasteiger partial charge < -0.3 is 10.2 Å². The van der Waals surface area contributed by atoms with Crippen LogP contribution in [0.25, 0.3) is 0 Å². The second kappa shape index (κ2) is 2.53. The van der Waals surface area contributed by atoms with Gasteiger partial charge in [-0.1, -0.05) is 5.92 Å². The van der Waals surface area contributed by atoms with Crippen molar-refractivity contribution >= 4 is 0 Å². The van der Waals surface area contributed by atoms with E-state index in [1.54, 1.807) is 0 Å². The van der Waals surface area contributed by atoms with Gasteiger partial charge in [-0.3, -0.25) is 0 Å². The maximum Gasteiger partial charge on any atom is 0.128 e. The molecular weight excluding hydrogens is 176 g/mol. The Labute approximate surface area is 84.3 Å². The highest BCUT2D eigenvalue weighted by molar-refractivity contribution is 5.22. The molecule has 14 heavy (non-hydrogen) atoms. The number of hydrogen-bond donors (Lipinski definition) is 2. The first-order chi connectivity index (χ1) is 6.65. The molecule has 0 aromatic carbocycles. The highest BCUT2D eigenvalue weighted by Gasteiger charge is 2.62. The Bertz CT molecular complexity index is 306. The van der Waals surface area contributed by atoms with Crippen molar-refractivity contribution in [2.45, 2.75) is 37.4 Å². The minimum Gasteiger partial charge on any atom is -0.393 e. The van der Waals surface area contributed by atoms with Gasteiger partial charge in [-0.2, -0.15) is 0 Å². The summed E-state index contributed by atoms with van der Waals surface area (Å²) < 4.78 is 0. The predicted molar refractivity (Wildman–Crippen MR) is 52.2 cm³/mol. The van der Waals surface area contributed by atoms with Gasteiger partial charge in [0.25, 0.3) is 0 Å². The average Bonchev–Trinajstić information content (AvgIpc) is 2.77. The minimum atomic E-state index is -0.851. The van der Waals surface area contributed by atoms with Crippen LogP contribution in [-0.2, 0) is 0 Å². The van der Waals surface area contributed by atoms with Crippen LogP contribution >= 0.6 is 0 Å². The van der Waals surface area contributed by atoms with Crippen molar-refractivity contribution in [3.63, 3.8) is 0 Å². The van der Waals surface area contributed by atoms with Crippen molar-refractivity contribution in [1.29, 1.82) is 0 Å². The first-order valence-corrected chi connectivity index (χ1v) is 5.54. The zero-order chi connectivity index (χ0) is 9.92. The van der Waals surface area contributed by atoms with Crippen molar-refractivity contribution in [2.24, 2.45) is 23.7 Å². The molecule has 3 rings (SSSR count). The molecular formula is C12H16O2. The maximum atomic E-state index is 10.2. The van der Waals surface area contributed by atoms with Gasteiger partial charge >= 0.3 is 0 Å². The summed E-state index contributed by atoms with van der Waals surface area (Å²) in [4.78, 5) is 0. The van der Waals surface area contributed by atoms with E-state index in [9.17, 15) is 10.2 Å². The third kappa shape index (κ3) is 0.852. The van der Waals surface area contributed by atoms with Crippen molar-refractivity contribution in [1.82, 2.24) is 0 Å². The van der Waals surface area contributed by atoms with E-state index >= 15 is 0 Å². The summed E-state index contributed by atoms with van der Waals surface area (Å²) in [6.07, 6.45) is 8.99. The lowest BCUT2D eigenvalue weighted by molar-refractivity contribution is -0.0139. The normalized spacial score (nSPS) is 59.9. The molecule has 3 aliphatic rings. The van der Waals surface area contributed by atoms with Crippen molar-refractivity contribution in [3.8, 4) is 12.3 Å². The molecule has 6 unspecified atom stereocenters. The van der Waals surface area contributed by atoms with Gasteiger partial charge in [0, 0.05) is 5.92 Å². The average molecular weight is 192 g/mol. The molecule has 0 amide bonds. The number of terminal acetylenes is 1. The summed E-state index contributed by atoms with van der Waals surface area (Å²) in [5.74, 6) is 4.24. The lowest BCUT2D eigenvalue weighted by Crippen LogP contribution is -2.41. The molecule has 2 N–H and O–H groups in total. The molecule has 3 saturated carbocycles. The van der Waals surface area contributed by atoms with E-state index in [-0.39, 0.29) is 12.0 Å². The van der Waals surface area contributed by atoms with Gasteiger partial charge in [0.2, 0.25) is 0 Å². The molecule has 0 heterocycles. The quantitative estimate of drug-likeness (QED) is 0.557. The minimum absolute atomic E-state index is 0.127. The first-order valence-electron chi connectivity index (χ1n) is 5.54. The standard InChI is InChI=1S/C12H16O2/c1-2-12(14)6-7-5-9(12)8-3-4-10(13)11(7)8/h1,7-11,13-14H,3-6H2. The van der Waals surface area contributed by atoms with Crippen LogP contribution in [0.15, 0.2) is 0 Å². The number of fused-ring (bicyclic) bond motifs is 5. The summed E-state index contributed by atoms with van der Waals surface area (Å²) >= 11 is 0. The molecule has 76 valence electrons. The van der Waals surface area contributed by atoms with Gasteiger partial charge in [-0.15, -0.1) is 6.42 Å². The Morgan fingerprint density at radius 2 is 2.14 bits per heavy atom. The summed E-state index contributed by atoms with van der Waals surface area (Å²) in [5.41, 5.74) is -0.851. The molecule has 0 radical (unpaired) electrons. The molecule has 0 saturated heterocycles. The predicted octanol–water partition coefficient (Wildman–Crippen LogP) is 0.778. The third-order valence-electron chi connectivity index (χ3n) is 4.79. The highest BCUT2D eigenvalue weighted by Crippen LogP contribution is 2.62. The summed E-state index contributed by atoms with van der Waals surface area (Å²) in [6.45, 7) is 0. The zero-order valence-corrected chi connectivity index (χ0v) is 8.19. The van der Waals surface area contributed by atoms with Crippen molar-refractivity contribution in [3.05, 3.63) is 0 Å². The fourth-order valence-electron chi connectivity index (χ4n) is 4.31. The Hall–Kier alpha value is -0.520. The monoisotopic (exact) mass is 192 g/mol. The van der Waals surface area contributed by atoms with E-state index in [1.807, 2.05) is 0 Å². The van der Waals surface area contributed by atoms with E-state index in [4.69, 9.17) is 6.42 Å². The van der Waals surface area contributed by atoms with Gasteiger partial charge in [-0.25, -0.2) is 0 Å². The number of hydrogen-bond acceptors (Lipinski definition) is 2. The Morgan fingerprint density at radius 3 is 2.86 bits per heavy atom. The van der Waals surface area contributed by atoms with Crippen LogP contribution in [0.1, 0.15) is 25.7 Å². The molecule has 3 fully saturated rings. The molecule has 0 aliphatic heterocycles. The van der Waals surface area contributed by atoms with Crippen molar-refractivity contribution < 1.29 is 10.2 Å². The van der Waals surface area contributed by atoms with Gasteiger partial charge in [0.15, 0.2) is 0 Å². The van der Waals surface area contributed by atoms with E-state index in [0.717, 1.165) is 19.3 Å². The summed E-state index contributed by atoms with van der Waals surface area (Å²) in [7, 11) is 0. The molecule has 0 spiro atoms. The molecule has 2 bridgehead atoms. The maximum absolute atomic E-state index is 10.2. The molecule has 0 aromatic heterocycles. The number of aliphatic hydroxyl groups excluding tert-OH is 1. The Balaban J connectivity index is 1.93. The molecule has 2 nitrogen and oxygen atoms in total. The second-order valence-corrected chi connectivity index (χ2v) is 5.26. The fourth-order valence-corrected chi connectivity index (χ4v) is 4.31. The van der Waals surface area contributed by atoms with Crippen LogP contribution in [0.2, 0.25) is 0 Å². The van der Waals surface area contributed by atoms with Gasteiger partial charge in [-0.05, 0) is 43.4 Å².